The number of halogens is 3. The van der Waals surface area contributed by atoms with E-state index in [9.17, 15) is 18.3 Å². The van der Waals surface area contributed by atoms with Gasteiger partial charge in [0.15, 0.2) is 0 Å². The molecule has 0 aliphatic carbocycles. The summed E-state index contributed by atoms with van der Waals surface area (Å²) in [5.74, 6) is 1.02. The van der Waals surface area contributed by atoms with Crippen molar-refractivity contribution in [3.05, 3.63) is 58.8 Å². The van der Waals surface area contributed by atoms with Crippen LogP contribution in [0, 0.1) is 0 Å². The first-order valence-electron chi connectivity index (χ1n) is 8.82. The Kier molecular flexibility index (Phi) is 4.98. The van der Waals surface area contributed by atoms with Crippen molar-refractivity contribution in [1.82, 2.24) is 15.0 Å². The SMILES string of the molecule is OC1(c2cccc(C(F)(F)F)c2)CCN(Cc2nc(-c3cccs3)no2)CC1. The zero-order valence-electron chi connectivity index (χ0n) is 14.8. The van der Waals surface area contributed by atoms with Gasteiger partial charge in [-0.15, -0.1) is 11.3 Å². The molecule has 0 spiro atoms. The van der Waals surface area contributed by atoms with Gasteiger partial charge in [0.2, 0.25) is 11.7 Å². The highest BCUT2D eigenvalue weighted by atomic mass is 32.1. The lowest BCUT2D eigenvalue weighted by atomic mass is 9.84. The maximum Gasteiger partial charge on any atom is 0.416 e. The Morgan fingerprint density at radius 1 is 1.18 bits per heavy atom. The molecule has 9 heteroatoms. The van der Waals surface area contributed by atoms with Gasteiger partial charge in [0.25, 0.3) is 0 Å². The number of nitrogens with zero attached hydrogens (tertiary/aromatic N) is 3. The average molecular weight is 409 g/mol. The number of hydrogen-bond acceptors (Lipinski definition) is 6. The zero-order chi connectivity index (χ0) is 19.8. The maximum atomic E-state index is 13.0. The van der Waals surface area contributed by atoms with Crippen LogP contribution in [0.25, 0.3) is 10.7 Å². The van der Waals surface area contributed by atoms with Crippen LogP contribution in [-0.4, -0.2) is 33.2 Å². The van der Waals surface area contributed by atoms with Crippen molar-refractivity contribution in [2.45, 2.75) is 31.2 Å². The number of rotatable bonds is 4. The highest BCUT2D eigenvalue weighted by Gasteiger charge is 2.37. The quantitative estimate of drug-likeness (QED) is 0.696. The second-order valence-electron chi connectivity index (χ2n) is 6.88. The molecule has 3 aromatic rings. The van der Waals surface area contributed by atoms with E-state index in [0.717, 1.165) is 17.0 Å². The number of piperidine rings is 1. The van der Waals surface area contributed by atoms with Gasteiger partial charge >= 0.3 is 6.18 Å². The first kappa shape index (κ1) is 19.1. The summed E-state index contributed by atoms with van der Waals surface area (Å²) in [6.45, 7) is 1.48. The highest BCUT2D eigenvalue weighted by molar-refractivity contribution is 7.13. The minimum Gasteiger partial charge on any atom is -0.385 e. The predicted molar refractivity (Wildman–Crippen MR) is 97.5 cm³/mol. The van der Waals surface area contributed by atoms with Gasteiger partial charge in [-0.3, -0.25) is 4.90 Å². The Balaban J connectivity index is 1.40. The van der Waals surface area contributed by atoms with E-state index in [1.165, 1.54) is 17.4 Å². The van der Waals surface area contributed by atoms with Crippen molar-refractivity contribution in [2.24, 2.45) is 0 Å². The molecule has 5 nitrogen and oxygen atoms in total. The van der Waals surface area contributed by atoms with Gasteiger partial charge in [-0.05, 0) is 42.0 Å². The molecule has 1 fully saturated rings. The fourth-order valence-electron chi connectivity index (χ4n) is 3.37. The summed E-state index contributed by atoms with van der Waals surface area (Å²) >= 11 is 1.52. The molecular weight excluding hydrogens is 391 g/mol. The molecule has 0 atom stereocenters. The van der Waals surface area contributed by atoms with E-state index in [2.05, 4.69) is 10.1 Å². The van der Waals surface area contributed by atoms with E-state index in [0.29, 0.717) is 49.8 Å². The molecule has 1 aromatic carbocycles. The van der Waals surface area contributed by atoms with Crippen molar-refractivity contribution in [3.8, 4) is 10.7 Å². The topological polar surface area (TPSA) is 62.4 Å². The van der Waals surface area contributed by atoms with Gasteiger partial charge in [-0.1, -0.05) is 23.4 Å². The normalized spacial score (nSPS) is 17.7. The lowest BCUT2D eigenvalue weighted by Gasteiger charge is -2.38. The van der Waals surface area contributed by atoms with Gasteiger partial charge in [-0.25, -0.2) is 0 Å². The molecule has 0 radical (unpaired) electrons. The molecule has 0 saturated carbocycles. The van der Waals surface area contributed by atoms with Gasteiger partial charge in [0.1, 0.15) is 0 Å². The molecule has 2 aromatic heterocycles. The molecule has 1 N–H and O–H groups in total. The van der Waals surface area contributed by atoms with Crippen molar-refractivity contribution in [1.29, 1.82) is 0 Å². The minimum absolute atomic E-state index is 0.305. The maximum absolute atomic E-state index is 13.0. The van der Waals surface area contributed by atoms with Gasteiger partial charge < -0.3 is 9.63 Å². The fraction of sp³-hybridized carbons (Fsp3) is 0.368. The van der Waals surface area contributed by atoms with Gasteiger partial charge in [-0.2, -0.15) is 18.2 Å². The Morgan fingerprint density at radius 2 is 1.96 bits per heavy atom. The second-order valence-corrected chi connectivity index (χ2v) is 7.82. The van der Waals surface area contributed by atoms with Crippen LogP contribution in [0.2, 0.25) is 0 Å². The zero-order valence-corrected chi connectivity index (χ0v) is 15.6. The van der Waals surface area contributed by atoms with Gasteiger partial charge in [0.05, 0.1) is 22.6 Å². The average Bonchev–Trinajstić information content (AvgIpc) is 3.35. The number of aliphatic hydroxyl groups is 1. The van der Waals surface area contributed by atoms with Crippen molar-refractivity contribution >= 4 is 11.3 Å². The van der Waals surface area contributed by atoms with Crippen LogP contribution in [0.1, 0.15) is 29.9 Å². The summed E-state index contributed by atoms with van der Waals surface area (Å²) < 4.78 is 44.2. The minimum atomic E-state index is -4.43. The van der Waals surface area contributed by atoms with Crippen LogP contribution >= 0.6 is 11.3 Å². The third kappa shape index (κ3) is 3.96. The number of thiophene rings is 1. The van der Waals surface area contributed by atoms with Crippen molar-refractivity contribution in [3.63, 3.8) is 0 Å². The number of hydrogen-bond donors (Lipinski definition) is 1. The largest absolute Gasteiger partial charge is 0.416 e. The van der Waals surface area contributed by atoms with Crippen LogP contribution in [0.3, 0.4) is 0 Å². The van der Waals surface area contributed by atoms with Crippen LogP contribution in [0.15, 0.2) is 46.3 Å². The molecule has 1 aliphatic heterocycles. The van der Waals surface area contributed by atoms with Crippen LogP contribution < -0.4 is 0 Å². The fourth-order valence-corrected chi connectivity index (χ4v) is 4.02. The number of aromatic nitrogens is 2. The number of alkyl halides is 3. The summed E-state index contributed by atoms with van der Waals surface area (Å²) in [6, 6.07) is 8.78. The molecule has 0 bridgehead atoms. The van der Waals surface area contributed by atoms with E-state index in [1.54, 1.807) is 6.07 Å². The Labute approximate surface area is 163 Å². The first-order chi connectivity index (χ1) is 13.3. The van der Waals surface area contributed by atoms with E-state index < -0.39 is 17.3 Å². The molecule has 0 unspecified atom stereocenters. The van der Waals surface area contributed by atoms with Crippen LogP contribution in [0.4, 0.5) is 13.2 Å². The molecule has 28 heavy (non-hydrogen) atoms. The molecule has 3 heterocycles. The lowest BCUT2D eigenvalue weighted by molar-refractivity contribution is -0.137. The van der Waals surface area contributed by atoms with Crippen LogP contribution in [-0.2, 0) is 18.3 Å². The summed E-state index contributed by atoms with van der Waals surface area (Å²) in [4.78, 5) is 7.36. The molecule has 148 valence electrons. The lowest BCUT2D eigenvalue weighted by Crippen LogP contribution is -2.42. The predicted octanol–water partition coefficient (Wildman–Crippen LogP) is 4.30. The summed E-state index contributed by atoms with van der Waals surface area (Å²) in [7, 11) is 0. The van der Waals surface area contributed by atoms with E-state index >= 15 is 0 Å². The molecule has 1 aliphatic rings. The second kappa shape index (κ2) is 7.31. The molecule has 0 amide bonds. The van der Waals surface area contributed by atoms with E-state index in [1.807, 2.05) is 22.4 Å². The molecule has 4 rings (SSSR count). The van der Waals surface area contributed by atoms with Gasteiger partial charge in [0, 0.05) is 13.1 Å². The summed E-state index contributed by atoms with van der Waals surface area (Å²) in [5.41, 5.74) is -1.71. The third-order valence-corrected chi connectivity index (χ3v) is 5.84. The summed E-state index contributed by atoms with van der Waals surface area (Å²) in [6.07, 6.45) is -3.76. The van der Waals surface area contributed by atoms with Crippen LogP contribution in [0.5, 0.6) is 0 Å². The monoisotopic (exact) mass is 409 g/mol. The molecular formula is C19H18F3N3O2S. The third-order valence-electron chi connectivity index (χ3n) is 4.98. The Bertz CT molecular complexity index is 932. The van der Waals surface area contributed by atoms with E-state index in [4.69, 9.17) is 4.52 Å². The standard InChI is InChI=1S/C19H18F3N3O2S/c20-19(21,22)14-4-1-3-13(11-14)18(26)6-8-25(9-7-18)12-16-23-17(24-27-16)15-5-2-10-28-15/h1-5,10-11,26H,6-9,12H2. The molecule has 1 saturated heterocycles. The number of benzene rings is 1. The smallest absolute Gasteiger partial charge is 0.385 e. The first-order valence-corrected chi connectivity index (χ1v) is 9.70. The summed E-state index contributed by atoms with van der Waals surface area (Å²) in [5, 5.41) is 16.8. The van der Waals surface area contributed by atoms with Crippen molar-refractivity contribution < 1.29 is 22.8 Å². The Morgan fingerprint density at radius 3 is 2.64 bits per heavy atom. The van der Waals surface area contributed by atoms with Crippen molar-refractivity contribution in [2.75, 3.05) is 13.1 Å². The Hall–Kier alpha value is -2.23. The number of likely N-dealkylation sites (tertiary alicyclic amines) is 1. The van der Waals surface area contributed by atoms with E-state index in [-0.39, 0.29) is 0 Å². The highest BCUT2D eigenvalue weighted by Crippen LogP contribution is 2.37.